The highest BCUT2D eigenvalue weighted by molar-refractivity contribution is 7.99. The predicted octanol–water partition coefficient (Wildman–Crippen LogP) is 6.76. The van der Waals surface area contributed by atoms with Crippen LogP contribution in [0.25, 0.3) is 0 Å². The minimum atomic E-state index is -0.659. The summed E-state index contributed by atoms with van der Waals surface area (Å²) in [4.78, 5) is 29.3. The molecule has 4 rings (SSSR count). The van der Waals surface area contributed by atoms with Gasteiger partial charge in [-0.2, -0.15) is 0 Å². The Kier molecular flexibility index (Phi) is 10.6. The minimum Gasteiger partial charge on any atom is -0.352 e. The first-order valence-electron chi connectivity index (χ1n) is 13.9. The van der Waals surface area contributed by atoms with Crippen LogP contribution < -0.4 is 5.32 Å². The van der Waals surface area contributed by atoms with E-state index >= 15 is 0 Å². The predicted molar refractivity (Wildman–Crippen MR) is 158 cm³/mol. The maximum absolute atomic E-state index is 13.8. The Bertz CT molecular complexity index is 1210. The highest BCUT2D eigenvalue weighted by Gasteiger charge is 2.31. The van der Waals surface area contributed by atoms with Crippen LogP contribution in [-0.4, -0.2) is 34.6 Å². The molecule has 0 saturated heterocycles. The lowest BCUT2D eigenvalue weighted by atomic mass is 9.94. The van der Waals surface area contributed by atoms with Crippen molar-refractivity contribution in [1.29, 1.82) is 0 Å². The van der Waals surface area contributed by atoms with Crippen LogP contribution in [0.15, 0.2) is 72.8 Å². The van der Waals surface area contributed by atoms with Gasteiger partial charge in [0.2, 0.25) is 11.8 Å². The fourth-order valence-electron chi connectivity index (χ4n) is 5.38. The standard InChI is InChI=1S/C33H39FN2O2S/c1-24-17-25(2)19-28(18-24)22-39-23-32(37)36(21-27-13-15-29(34)16-14-27)31(20-26-9-5-3-6-10-26)33(38)35-30-11-7-4-8-12-30/h3,5-6,9-10,13-19,30-31H,4,7-8,11-12,20-23H2,1-2H3,(H,35,38). The van der Waals surface area contributed by atoms with E-state index in [2.05, 4.69) is 37.4 Å². The van der Waals surface area contributed by atoms with Gasteiger partial charge in [0, 0.05) is 24.8 Å². The van der Waals surface area contributed by atoms with Gasteiger partial charge in [-0.25, -0.2) is 4.39 Å². The number of carbonyl (C=O) groups excluding carboxylic acids is 2. The lowest BCUT2D eigenvalue weighted by Gasteiger charge is -2.33. The third-order valence-corrected chi connectivity index (χ3v) is 8.25. The summed E-state index contributed by atoms with van der Waals surface area (Å²) in [5.41, 5.74) is 5.40. The first-order valence-corrected chi connectivity index (χ1v) is 15.1. The Hall–Kier alpha value is -3.12. The number of carbonyl (C=O) groups is 2. The smallest absolute Gasteiger partial charge is 0.243 e. The highest BCUT2D eigenvalue weighted by atomic mass is 32.2. The summed E-state index contributed by atoms with van der Waals surface area (Å²) in [6.07, 6.45) is 5.80. The van der Waals surface area contributed by atoms with E-state index in [9.17, 15) is 14.0 Å². The molecular formula is C33H39FN2O2S. The second-order valence-corrected chi connectivity index (χ2v) is 11.7. The largest absolute Gasteiger partial charge is 0.352 e. The summed E-state index contributed by atoms with van der Waals surface area (Å²) in [7, 11) is 0. The van der Waals surface area contributed by atoms with Gasteiger partial charge in [-0.15, -0.1) is 11.8 Å². The average molecular weight is 547 g/mol. The number of halogens is 1. The Morgan fingerprint density at radius 1 is 0.897 bits per heavy atom. The van der Waals surface area contributed by atoms with Gasteiger partial charge in [0.25, 0.3) is 0 Å². The molecule has 206 valence electrons. The topological polar surface area (TPSA) is 49.4 Å². The van der Waals surface area contributed by atoms with Crippen LogP contribution in [0.4, 0.5) is 4.39 Å². The Morgan fingerprint density at radius 3 is 2.23 bits per heavy atom. The maximum atomic E-state index is 13.8. The van der Waals surface area contributed by atoms with Crippen molar-refractivity contribution in [3.05, 3.63) is 106 Å². The van der Waals surface area contributed by atoms with Crippen molar-refractivity contribution in [1.82, 2.24) is 10.2 Å². The molecule has 0 heterocycles. The van der Waals surface area contributed by atoms with Gasteiger partial charge in [0.15, 0.2) is 0 Å². The zero-order valence-corrected chi connectivity index (χ0v) is 23.8. The van der Waals surface area contributed by atoms with E-state index in [0.717, 1.165) is 42.6 Å². The number of hydrogen-bond acceptors (Lipinski definition) is 3. The Labute approximate surface area is 236 Å². The first-order chi connectivity index (χ1) is 18.9. The van der Waals surface area contributed by atoms with Crippen LogP contribution in [0, 0.1) is 19.7 Å². The van der Waals surface area contributed by atoms with Crippen LogP contribution >= 0.6 is 11.8 Å². The van der Waals surface area contributed by atoms with E-state index < -0.39 is 6.04 Å². The summed E-state index contributed by atoms with van der Waals surface area (Å²) < 4.78 is 13.7. The molecule has 1 unspecified atom stereocenters. The monoisotopic (exact) mass is 546 g/mol. The van der Waals surface area contributed by atoms with Crippen molar-refractivity contribution >= 4 is 23.6 Å². The molecule has 1 saturated carbocycles. The van der Waals surface area contributed by atoms with Gasteiger partial charge in [-0.3, -0.25) is 9.59 Å². The fraction of sp³-hybridized carbons (Fsp3) is 0.394. The average Bonchev–Trinajstić information content (AvgIpc) is 2.92. The summed E-state index contributed by atoms with van der Waals surface area (Å²) in [6.45, 7) is 4.41. The van der Waals surface area contributed by atoms with E-state index in [1.807, 2.05) is 30.3 Å². The molecule has 0 aromatic heterocycles. The van der Waals surface area contributed by atoms with Crippen LogP contribution in [0.3, 0.4) is 0 Å². The SMILES string of the molecule is Cc1cc(C)cc(CSCC(=O)N(Cc2ccc(F)cc2)C(Cc2ccccc2)C(=O)NC2CCCCC2)c1. The number of aryl methyl sites for hydroxylation is 2. The van der Waals surface area contributed by atoms with Gasteiger partial charge in [-0.05, 0) is 55.5 Å². The molecule has 0 radical (unpaired) electrons. The fourth-order valence-corrected chi connectivity index (χ4v) is 6.22. The normalized spacial score (nSPS) is 14.5. The molecule has 3 aromatic carbocycles. The van der Waals surface area contributed by atoms with E-state index in [1.165, 1.54) is 35.2 Å². The quantitative estimate of drug-likeness (QED) is 0.289. The number of nitrogens with one attached hydrogen (secondary N) is 1. The van der Waals surface area contributed by atoms with Crippen molar-refractivity contribution in [2.45, 2.75) is 76.8 Å². The van der Waals surface area contributed by atoms with E-state index in [4.69, 9.17) is 0 Å². The lowest BCUT2D eigenvalue weighted by Crippen LogP contribution is -2.53. The second-order valence-electron chi connectivity index (χ2n) is 10.7. The molecule has 1 aliphatic rings. The van der Waals surface area contributed by atoms with Crippen molar-refractivity contribution < 1.29 is 14.0 Å². The number of benzene rings is 3. The third-order valence-electron chi connectivity index (χ3n) is 7.26. The number of hydrogen-bond donors (Lipinski definition) is 1. The molecule has 1 N–H and O–H groups in total. The summed E-state index contributed by atoms with van der Waals surface area (Å²) in [5.74, 6) is 0.456. The van der Waals surface area contributed by atoms with E-state index in [-0.39, 0.29) is 36.0 Å². The van der Waals surface area contributed by atoms with E-state index in [0.29, 0.717) is 6.42 Å². The number of amides is 2. The van der Waals surface area contributed by atoms with Crippen molar-refractivity contribution in [2.24, 2.45) is 0 Å². The molecule has 6 heteroatoms. The number of rotatable bonds is 11. The molecule has 3 aromatic rings. The van der Waals surface area contributed by atoms with Crippen LogP contribution in [0.1, 0.15) is 59.9 Å². The lowest BCUT2D eigenvalue weighted by molar-refractivity contribution is -0.139. The van der Waals surface area contributed by atoms with Gasteiger partial charge >= 0.3 is 0 Å². The van der Waals surface area contributed by atoms with Crippen LogP contribution in [0.5, 0.6) is 0 Å². The Morgan fingerprint density at radius 2 is 1.56 bits per heavy atom. The second kappa shape index (κ2) is 14.3. The Balaban J connectivity index is 1.56. The van der Waals surface area contributed by atoms with E-state index in [1.54, 1.807) is 28.8 Å². The van der Waals surface area contributed by atoms with Crippen molar-refractivity contribution in [3.63, 3.8) is 0 Å². The highest BCUT2D eigenvalue weighted by Crippen LogP contribution is 2.22. The third kappa shape index (κ3) is 8.96. The van der Waals surface area contributed by atoms with Crippen LogP contribution in [-0.2, 0) is 28.3 Å². The van der Waals surface area contributed by atoms with Crippen molar-refractivity contribution in [2.75, 3.05) is 5.75 Å². The summed E-state index contributed by atoms with van der Waals surface area (Å²) in [5, 5.41) is 3.26. The first kappa shape index (κ1) is 28.9. The maximum Gasteiger partial charge on any atom is 0.243 e. The molecule has 4 nitrogen and oxygen atoms in total. The van der Waals surface area contributed by atoms with Gasteiger partial charge in [0.1, 0.15) is 11.9 Å². The van der Waals surface area contributed by atoms with Gasteiger partial charge in [-0.1, -0.05) is 91.1 Å². The zero-order chi connectivity index (χ0) is 27.6. The molecule has 0 spiro atoms. The molecule has 1 fully saturated rings. The number of thioether (sulfide) groups is 1. The molecule has 0 aliphatic heterocycles. The van der Waals surface area contributed by atoms with Gasteiger partial charge in [0.05, 0.1) is 5.75 Å². The molecular weight excluding hydrogens is 507 g/mol. The molecule has 0 bridgehead atoms. The molecule has 39 heavy (non-hydrogen) atoms. The van der Waals surface area contributed by atoms with Crippen molar-refractivity contribution in [3.8, 4) is 0 Å². The summed E-state index contributed by atoms with van der Waals surface area (Å²) >= 11 is 1.56. The minimum absolute atomic E-state index is 0.0894. The molecule has 1 aliphatic carbocycles. The molecule has 1 atom stereocenters. The van der Waals surface area contributed by atoms with Gasteiger partial charge < -0.3 is 10.2 Å². The zero-order valence-electron chi connectivity index (χ0n) is 23.0. The number of nitrogens with zero attached hydrogens (tertiary/aromatic N) is 1. The molecule has 2 amide bonds. The summed E-state index contributed by atoms with van der Waals surface area (Å²) in [6, 6.07) is 22.0. The van der Waals surface area contributed by atoms with Crippen LogP contribution in [0.2, 0.25) is 0 Å².